The first-order chi connectivity index (χ1) is 11.2. The topological polar surface area (TPSA) is 46.1 Å². The van der Waals surface area contributed by atoms with Gasteiger partial charge in [0.05, 0.1) is 0 Å². The highest BCUT2D eigenvalue weighted by molar-refractivity contribution is 5.85. The Hall–Kier alpha value is -1.97. The molecule has 3 rings (SSSR count). The van der Waals surface area contributed by atoms with Gasteiger partial charge >= 0.3 is 6.03 Å². The number of para-hydroxylation sites is 1. The van der Waals surface area contributed by atoms with Gasteiger partial charge in [-0.2, -0.15) is 0 Å². The quantitative estimate of drug-likeness (QED) is 0.889. The lowest BCUT2D eigenvalue weighted by Crippen LogP contribution is -2.43. The van der Waals surface area contributed by atoms with Crippen LogP contribution in [0.1, 0.15) is 43.4 Å². The molecular formula is C19H27N3O. The molecule has 23 heavy (non-hydrogen) atoms. The minimum atomic E-state index is -0.0187. The smallest absolute Gasteiger partial charge is 0.315 e. The number of fused-ring (bicyclic) bond motifs is 1. The zero-order valence-electron chi connectivity index (χ0n) is 14.2. The van der Waals surface area contributed by atoms with Crippen LogP contribution in [0.3, 0.4) is 0 Å². The van der Waals surface area contributed by atoms with Gasteiger partial charge in [0.1, 0.15) is 0 Å². The molecule has 0 bridgehead atoms. The minimum absolute atomic E-state index is 0.0187. The van der Waals surface area contributed by atoms with E-state index in [9.17, 15) is 4.79 Å². The molecule has 1 aliphatic rings. The second-order valence-electron chi connectivity index (χ2n) is 6.63. The summed E-state index contributed by atoms with van der Waals surface area (Å²) in [7, 11) is 2.10. The van der Waals surface area contributed by atoms with Gasteiger partial charge in [0.25, 0.3) is 0 Å². The molecule has 0 aliphatic heterocycles. The lowest BCUT2D eigenvalue weighted by molar-refractivity contribution is 0.233. The third-order valence-electron chi connectivity index (χ3n) is 5.13. The number of carbonyl (C=O) groups is 1. The summed E-state index contributed by atoms with van der Waals surface area (Å²) in [5, 5.41) is 7.42. The van der Waals surface area contributed by atoms with E-state index in [1.165, 1.54) is 41.4 Å². The molecular weight excluding hydrogens is 286 g/mol. The fourth-order valence-corrected chi connectivity index (χ4v) is 3.70. The first kappa shape index (κ1) is 15.9. The highest BCUT2D eigenvalue weighted by Crippen LogP contribution is 2.24. The largest absolute Gasteiger partial charge is 0.348 e. The Bertz CT molecular complexity index is 683. The maximum atomic E-state index is 12.0. The van der Waals surface area contributed by atoms with Gasteiger partial charge in [0, 0.05) is 36.2 Å². The van der Waals surface area contributed by atoms with Crippen molar-refractivity contribution in [3.8, 4) is 0 Å². The number of benzene rings is 1. The highest BCUT2D eigenvalue weighted by atomic mass is 16.2. The van der Waals surface area contributed by atoms with Gasteiger partial charge in [-0.05, 0) is 37.8 Å². The fourth-order valence-electron chi connectivity index (χ4n) is 3.70. The van der Waals surface area contributed by atoms with Crippen LogP contribution in [0.15, 0.2) is 24.3 Å². The summed E-state index contributed by atoms with van der Waals surface area (Å²) >= 11 is 0. The van der Waals surface area contributed by atoms with Crippen molar-refractivity contribution >= 4 is 16.9 Å². The third kappa shape index (κ3) is 3.52. The Morgan fingerprint density at radius 2 is 1.96 bits per heavy atom. The highest BCUT2D eigenvalue weighted by Gasteiger charge is 2.16. The van der Waals surface area contributed by atoms with Gasteiger partial charge in [-0.15, -0.1) is 0 Å². The number of aromatic nitrogens is 1. The number of amides is 2. The van der Waals surface area contributed by atoms with E-state index in [1.807, 2.05) is 0 Å². The van der Waals surface area contributed by atoms with Gasteiger partial charge in [0.15, 0.2) is 0 Å². The van der Waals surface area contributed by atoms with E-state index in [2.05, 4.69) is 53.4 Å². The molecule has 124 valence electrons. The molecule has 0 spiro atoms. The maximum Gasteiger partial charge on any atom is 0.315 e. The van der Waals surface area contributed by atoms with E-state index >= 15 is 0 Å². The Kier molecular flexibility index (Phi) is 4.89. The normalized spacial score (nSPS) is 15.7. The molecule has 0 atom stereocenters. The number of hydrogen-bond donors (Lipinski definition) is 2. The van der Waals surface area contributed by atoms with Crippen molar-refractivity contribution in [1.82, 2.24) is 15.2 Å². The summed E-state index contributed by atoms with van der Waals surface area (Å²) < 4.78 is 2.23. The number of nitrogens with zero attached hydrogens (tertiary/aromatic N) is 1. The third-order valence-corrected chi connectivity index (χ3v) is 5.13. The van der Waals surface area contributed by atoms with E-state index in [0.717, 1.165) is 19.3 Å². The molecule has 4 nitrogen and oxygen atoms in total. The molecule has 1 fully saturated rings. The van der Waals surface area contributed by atoms with Crippen LogP contribution in [0.2, 0.25) is 0 Å². The number of aryl methyl sites for hydroxylation is 1. The van der Waals surface area contributed by atoms with E-state index in [4.69, 9.17) is 0 Å². The summed E-state index contributed by atoms with van der Waals surface area (Å²) in [5.74, 6) is 0. The minimum Gasteiger partial charge on any atom is -0.348 e. The van der Waals surface area contributed by atoms with Gasteiger partial charge in [0.2, 0.25) is 0 Å². The molecule has 0 unspecified atom stereocenters. The molecule has 1 aromatic heterocycles. The predicted molar refractivity (Wildman–Crippen MR) is 94.8 cm³/mol. The molecule has 1 aliphatic carbocycles. The zero-order valence-corrected chi connectivity index (χ0v) is 14.2. The fraction of sp³-hybridized carbons (Fsp3) is 0.526. The van der Waals surface area contributed by atoms with Crippen LogP contribution in [0.25, 0.3) is 10.9 Å². The molecule has 2 N–H and O–H groups in total. The van der Waals surface area contributed by atoms with E-state index < -0.39 is 0 Å². The second kappa shape index (κ2) is 7.07. The molecule has 0 saturated heterocycles. The lowest BCUT2D eigenvalue weighted by atomic mass is 9.96. The van der Waals surface area contributed by atoms with Crippen LogP contribution in [0, 0.1) is 6.92 Å². The van der Waals surface area contributed by atoms with Crippen molar-refractivity contribution in [3.63, 3.8) is 0 Å². The van der Waals surface area contributed by atoms with E-state index in [1.54, 1.807) is 0 Å². The van der Waals surface area contributed by atoms with Crippen LogP contribution >= 0.6 is 0 Å². The van der Waals surface area contributed by atoms with E-state index in [0.29, 0.717) is 12.6 Å². The summed E-state index contributed by atoms with van der Waals surface area (Å²) in [6.07, 6.45) is 6.89. The maximum absolute atomic E-state index is 12.0. The van der Waals surface area contributed by atoms with Crippen molar-refractivity contribution in [3.05, 3.63) is 35.5 Å². The van der Waals surface area contributed by atoms with Crippen LogP contribution in [0.4, 0.5) is 4.79 Å². The molecule has 4 heteroatoms. The summed E-state index contributed by atoms with van der Waals surface area (Å²) in [6, 6.07) is 8.81. The Balaban J connectivity index is 1.56. The standard InChI is InChI=1S/C19H27N3O/c1-14-16(17-10-6-7-11-18(17)22(14)2)12-13-20-19(23)21-15-8-4-3-5-9-15/h6-7,10-11,15H,3-5,8-9,12-13H2,1-2H3,(H2,20,21,23). The first-order valence-electron chi connectivity index (χ1n) is 8.74. The number of urea groups is 1. The van der Waals surface area contributed by atoms with Crippen molar-refractivity contribution in [2.45, 2.75) is 51.5 Å². The molecule has 1 heterocycles. The van der Waals surface area contributed by atoms with Crippen molar-refractivity contribution in [2.75, 3.05) is 6.54 Å². The number of hydrogen-bond acceptors (Lipinski definition) is 1. The summed E-state index contributed by atoms with van der Waals surface area (Å²) in [4.78, 5) is 12.0. The van der Waals surface area contributed by atoms with E-state index in [-0.39, 0.29) is 6.03 Å². The molecule has 1 aromatic carbocycles. The molecule has 1 saturated carbocycles. The van der Waals surface area contributed by atoms with Crippen LogP contribution in [-0.4, -0.2) is 23.2 Å². The Morgan fingerprint density at radius 1 is 1.22 bits per heavy atom. The Morgan fingerprint density at radius 3 is 2.74 bits per heavy atom. The van der Waals surface area contributed by atoms with Gasteiger partial charge < -0.3 is 15.2 Å². The number of carbonyl (C=O) groups excluding carboxylic acids is 1. The molecule has 2 aromatic rings. The Labute approximate surface area is 138 Å². The SMILES string of the molecule is Cc1c(CCNC(=O)NC2CCCCC2)c2ccccc2n1C. The van der Waals surface area contributed by atoms with Gasteiger partial charge in [-0.25, -0.2) is 4.79 Å². The summed E-state index contributed by atoms with van der Waals surface area (Å²) in [6.45, 7) is 2.82. The average Bonchev–Trinajstić information content (AvgIpc) is 2.81. The average molecular weight is 313 g/mol. The van der Waals surface area contributed by atoms with Crippen LogP contribution in [-0.2, 0) is 13.5 Å². The van der Waals surface area contributed by atoms with Crippen molar-refractivity contribution < 1.29 is 4.79 Å². The molecule has 0 radical (unpaired) electrons. The van der Waals surface area contributed by atoms with Crippen molar-refractivity contribution in [2.24, 2.45) is 7.05 Å². The second-order valence-corrected chi connectivity index (χ2v) is 6.63. The van der Waals surface area contributed by atoms with Crippen molar-refractivity contribution in [1.29, 1.82) is 0 Å². The predicted octanol–water partition coefficient (Wildman–Crippen LogP) is 3.66. The zero-order chi connectivity index (χ0) is 16.2. The molecule has 2 amide bonds. The monoisotopic (exact) mass is 313 g/mol. The summed E-state index contributed by atoms with van der Waals surface area (Å²) in [5.41, 5.74) is 3.87. The van der Waals surface area contributed by atoms with Gasteiger partial charge in [-0.1, -0.05) is 37.5 Å². The lowest BCUT2D eigenvalue weighted by Gasteiger charge is -2.22. The van der Waals surface area contributed by atoms with Crippen LogP contribution < -0.4 is 10.6 Å². The number of rotatable bonds is 4. The van der Waals surface area contributed by atoms with Crippen LogP contribution in [0.5, 0.6) is 0 Å². The number of nitrogens with one attached hydrogen (secondary N) is 2. The first-order valence-corrected chi connectivity index (χ1v) is 8.74. The van der Waals surface area contributed by atoms with Gasteiger partial charge in [-0.3, -0.25) is 0 Å².